The van der Waals surface area contributed by atoms with Crippen molar-refractivity contribution in [1.29, 1.82) is 0 Å². The monoisotopic (exact) mass is 134 g/mol. The van der Waals surface area contributed by atoms with Gasteiger partial charge in [-0.3, -0.25) is 4.89 Å². The molecule has 0 aliphatic heterocycles. The molecule has 0 aromatic rings. The quantitative estimate of drug-likeness (QED) is 0.329. The molecule has 0 unspecified atom stereocenters. The maximum absolute atomic E-state index is 10.2. The first-order chi connectivity index (χ1) is 4.31. The Bertz CT molecular complexity index is 81.0. The van der Waals surface area contributed by atoms with Gasteiger partial charge in [0, 0.05) is 0 Å². The normalized spacial score (nSPS) is 8.67. The summed E-state index contributed by atoms with van der Waals surface area (Å²) in [5, 5.41) is 0. The number of hydrogen-bond acceptors (Lipinski definition) is 4. The molecule has 0 amide bonds. The van der Waals surface area contributed by atoms with E-state index in [4.69, 9.17) is 0 Å². The van der Waals surface area contributed by atoms with Crippen molar-refractivity contribution in [2.75, 3.05) is 13.7 Å². The van der Waals surface area contributed by atoms with Crippen LogP contribution in [0.5, 0.6) is 0 Å². The third-order valence-electron chi connectivity index (χ3n) is 0.575. The van der Waals surface area contributed by atoms with Gasteiger partial charge < -0.3 is 4.74 Å². The maximum Gasteiger partial charge on any atom is 0.540 e. The molecule has 4 heteroatoms. The van der Waals surface area contributed by atoms with Crippen LogP contribution in [0.15, 0.2) is 0 Å². The zero-order chi connectivity index (χ0) is 7.11. The van der Waals surface area contributed by atoms with E-state index in [0.29, 0.717) is 6.61 Å². The van der Waals surface area contributed by atoms with E-state index in [0.717, 1.165) is 6.42 Å². The second-order valence-corrected chi connectivity index (χ2v) is 1.35. The average Bonchev–Trinajstić information content (AvgIpc) is 1.85. The molecule has 0 spiro atoms. The first-order valence-corrected chi connectivity index (χ1v) is 2.68. The zero-order valence-electron chi connectivity index (χ0n) is 5.55. The smallest absolute Gasteiger partial charge is 0.432 e. The molecular weight excluding hydrogens is 124 g/mol. The predicted octanol–water partition coefficient (Wildman–Crippen LogP) is 1.11. The van der Waals surface area contributed by atoms with Gasteiger partial charge in [0.1, 0.15) is 0 Å². The van der Waals surface area contributed by atoms with E-state index < -0.39 is 6.16 Å². The molecule has 0 aliphatic rings. The second-order valence-electron chi connectivity index (χ2n) is 1.35. The maximum atomic E-state index is 10.2. The molecule has 0 radical (unpaired) electrons. The van der Waals surface area contributed by atoms with E-state index >= 15 is 0 Å². The van der Waals surface area contributed by atoms with Crippen molar-refractivity contribution in [3.63, 3.8) is 0 Å². The van der Waals surface area contributed by atoms with E-state index in [9.17, 15) is 4.79 Å². The van der Waals surface area contributed by atoms with Crippen LogP contribution in [0.4, 0.5) is 4.79 Å². The lowest BCUT2D eigenvalue weighted by Crippen LogP contribution is -2.06. The third kappa shape index (κ3) is 5.10. The fourth-order valence-corrected chi connectivity index (χ4v) is 0.277. The minimum atomic E-state index is -0.792. The fraction of sp³-hybridized carbons (Fsp3) is 0.800. The molecule has 0 N–H and O–H groups in total. The summed E-state index contributed by atoms with van der Waals surface area (Å²) in [5.74, 6) is 0. The summed E-state index contributed by atoms with van der Waals surface area (Å²) >= 11 is 0. The summed E-state index contributed by atoms with van der Waals surface area (Å²) in [5.41, 5.74) is 0. The standard InChI is InChI=1S/C5H10O4/c1-3-4-8-5(6)9-7-2/h3-4H2,1-2H3. The lowest BCUT2D eigenvalue weighted by Gasteiger charge is -1.98. The van der Waals surface area contributed by atoms with Crippen LogP contribution >= 0.6 is 0 Å². The molecule has 9 heavy (non-hydrogen) atoms. The Morgan fingerprint density at radius 1 is 1.56 bits per heavy atom. The first-order valence-electron chi connectivity index (χ1n) is 2.68. The molecule has 0 aliphatic carbocycles. The van der Waals surface area contributed by atoms with Crippen LogP contribution in [0.3, 0.4) is 0 Å². The van der Waals surface area contributed by atoms with Crippen LogP contribution in [-0.4, -0.2) is 19.9 Å². The van der Waals surface area contributed by atoms with E-state index in [2.05, 4.69) is 14.5 Å². The Morgan fingerprint density at radius 2 is 2.22 bits per heavy atom. The molecular formula is C5H10O4. The number of rotatable bonds is 3. The Hall–Kier alpha value is -0.770. The number of hydrogen-bond donors (Lipinski definition) is 0. The van der Waals surface area contributed by atoms with E-state index in [1.54, 1.807) is 0 Å². The van der Waals surface area contributed by atoms with Gasteiger partial charge in [0.15, 0.2) is 0 Å². The van der Waals surface area contributed by atoms with Gasteiger partial charge in [-0.25, -0.2) is 4.79 Å². The molecule has 0 heterocycles. The summed E-state index contributed by atoms with van der Waals surface area (Å²) in [4.78, 5) is 18.2. The number of carbonyl (C=O) groups is 1. The van der Waals surface area contributed by atoms with Crippen molar-refractivity contribution in [3.8, 4) is 0 Å². The summed E-state index contributed by atoms with van der Waals surface area (Å²) < 4.78 is 4.45. The molecule has 0 atom stereocenters. The number of ether oxygens (including phenoxy) is 1. The zero-order valence-corrected chi connectivity index (χ0v) is 5.55. The molecule has 54 valence electrons. The van der Waals surface area contributed by atoms with Crippen LogP contribution in [0.2, 0.25) is 0 Å². The van der Waals surface area contributed by atoms with Gasteiger partial charge >= 0.3 is 6.16 Å². The van der Waals surface area contributed by atoms with Gasteiger partial charge in [-0.2, -0.15) is 4.89 Å². The molecule has 0 aromatic heterocycles. The average molecular weight is 134 g/mol. The van der Waals surface area contributed by atoms with Gasteiger partial charge in [0.2, 0.25) is 0 Å². The van der Waals surface area contributed by atoms with Gasteiger partial charge in [-0.1, -0.05) is 6.92 Å². The van der Waals surface area contributed by atoms with Crippen LogP contribution in [0, 0.1) is 0 Å². The number of carbonyl (C=O) groups excluding carboxylic acids is 1. The SMILES string of the molecule is CCCOC(=O)OOC. The van der Waals surface area contributed by atoms with Crippen molar-refractivity contribution in [2.24, 2.45) is 0 Å². The highest BCUT2D eigenvalue weighted by Crippen LogP contribution is 1.86. The van der Waals surface area contributed by atoms with Gasteiger partial charge in [-0.15, -0.1) is 0 Å². The van der Waals surface area contributed by atoms with Crippen LogP contribution in [0.25, 0.3) is 0 Å². The summed E-state index contributed by atoms with van der Waals surface area (Å²) in [6, 6.07) is 0. The largest absolute Gasteiger partial charge is 0.540 e. The molecule has 0 saturated heterocycles. The highest BCUT2D eigenvalue weighted by molar-refractivity contribution is 5.58. The van der Waals surface area contributed by atoms with Crippen LogP contribution in [-0.2, 0) is 14.5 Å². The van der Waals surface area contributed by atoms with Crippen LogP contribution < -0.4 is 0 Å². The van der Waals surface area contributed by atoms with Crippen molar-refractivity contribution in [3.05, 3.63) is 0 Å². The van der Waals surface area contributed by atoms with Gasteiger partial charge in [0.05, 0.1) is 13.7 Å². The molecule has 4 nitrogen and oxygen atoms in total. The fourth-order valence-electron chi connectivity index (χ4n) is 0.277. The third-order valence-corrected chi connectivity index (χ3v) is 0.575. The summed E-state index contributed by atoms with van der Waals surface area (Å²) in [7, 11) is 1.24. The topological polar surface area (TPSA) is 44.8 Å². The molecule has 0 saturated carbocycles. The minimum Gasteiger partial charge on any atom is -0.432 e. The van der Waals surface area contributed by atoms with E-state index in [1.807, 2.05) is 6.92 Å². The molecule has 0 fully saturated rings. The Labute approximate surface area is 53.6 Å². The van der Waals surface area contributed by atoms with E-state index in [-0.39, 0.29) is 0 Å². The summed E-state index contributed by atoms with van der Waals surface area (Å²) in [6.45, 7) is 2.25. The molecule has 0 rings (SSSR count). The highest BCUT2D eigenvalue weighted by atomic mass is 17.2. The van der Waals surface area contributed by atoms with Gasteiger partial charge in [0.25, 0.3) is 0 Å². The van der Waals surface area contributed by atoms with Crippen molar-refractivity contribution < 1.29 is 19.3 Å². The van der Waals surface area contributed by atoms with Crippen molar-refractivity contribution in [1.82, 2.24) is 0 Å². The minimum absolute atomic E-state index is 0.363. The molecule has 0 bridgehead atoms. The van der Waals surface area contributed by atoms with E-state index in [1.165, 1.54) is 7.11 Å². The van der Waals surface area contributed by atoms with Crippen molar-refractivity contribution in [2.45, 2.75) is 13.3 Å². The second kappa shape index (κ2) is 5.37. The lowest BCUT2D eigenvalue weighted by molar-refractivity contribution is -0.231. The molecule has 0 aromatic carbocycles. The Kier molecular flexibility index (Phi) is 4.91. The Balaban J connectivity index is 3.06. The lowest BCUT2D eigenvalue weighted by atomic mass is 10.5. The Morgan fingerprint density at radius 3 is 2.67 bits per heavy atom. The van der Waals surface area contributed by atoms with Gasteiger partial charge in [-0.05, 0) is 6.42 Å². The first kappa shape index (κ1) is 8.23. The van der Waals surface area contributed by atoms with Crippen LogP contribution in [0.1, 0.15) is 13.3 Å². The highest BCUT2D eigenvalue weighted by Gasteiger charge is 2.00. The summed E-state index contributed by atoms with van der Waals surface area (Å²) in [6.07, 6.45) is -0.0157. The predicted molar refractivity (Wildman–Crippen MR) is 29.7 cm³/mol. The van der Waals surface area contributed by atoms with Crippen molar-refractivity contribution >= 4 is 6.16 Å².